The van der Waals surface area contributed by atoms with Gasteiger partial charge in [-0.25, -0.2) is 4.39 Å². The Balaban J connectivity index is 1.41. The van der Waals surface area contributed by atoms with Gasteiger partial charge in [0.1, 0.15) is 17.3 Å². The lowest BCUT2D eigenvalue weighted by Crippen LogP contribution is -2.29. The molecule has 40 heavy (non-hydrogen) atoms. The normalized spacial score (nSPS) is 16.7. The van der Waals surface area contributed by atoms with Crippen molar-refractivity contribution in [3.8, 4) is 17.2 Å². The van der Waals surface area contributed by atoms with Gasteiger partial charge in [0.15, 0.2) is 5.11 Å². The van der Waals surface area contributed by atoms with Gasteiger partial charge in [-0.05, 0) is 111 Å². The molecular formula is C33H29FN4OS. The monoisotopic (exact) mass is 548 g/mol. The van der Waals surface area contributed by atoms with Crippen molar-refractivity contribution in [2.75, 3.05) is 4.90 Å². The summed E-state index contributed by atoms with van der Waals surface area (Å²) in [6.07, 6.45) is 1.80. The van der Waals surface area contributed by atoms with Gasteiger partial charge >= 0.3 is 0 Å². The number of pyridine rings is 1. The number of aromatic nitrogens is 2. The molecule has 3 heterocycles. The van der Waals surface area contributed by atoms with Crippen LogP contribution < -0.4 is 15.0 Å². The van der Waals surface area contributed by atoms with E-state index in [-0.39, 0.29) is 17.9 Å². The first-order chi connectivity index (χ1) is 19.4. The van der Waals surface area contributed by atoms with E-state index in [1.54, 1.807) is 18.3 Å². The van der Waals surface area contributed by atoms with E-state index in [1.807, 2.05) is 79.7 Å². The molecule has 1 N–H and O–H groups in total. The Bertz CT molecular complexity index is 1670. The summed E-state index contributed by atoms with van der Waals surface area (Å²) in [6.45, 7) is 6.16. The van der Waals surface area contributed by atoms with Crippen LogP contribution in [0.25, 0.3) is 5.69 Å². The molecule has 0 aliphatic carbocycles. The Morgan fingerprint density at radius 1 is 0.825 bits per heavy atom. The molecule has 5 aromatic rings. The van der Waals surface area contributed by atoms with Crippen LogP contribution in [-0.4, -0.2) is 14.7 Å². The summed E-state index contributed by atoms with van der Waals surface area (Å²) in [5.74, 6) is 1.26. The van der Waals surface area contributed by atoms with Crippen molar-refractivity contribution >= 4 is 23.0 Å². The van der Waals surface area contributed by atoms with Gasteiger partial charge in [-0.15, -0.1) is 0 Å². The quantitative estimate of drug-likeness (QED) is 0.219. The Hall–Kier alpha value is -4.49. The van der Waals surface area contributed by atoms with E-state index in [1.165, 1.54) is 11.6 Å². The maximum absolute atomic E-state index is 14.2. The van der Waals surface area contributed by atoms with Crippen LogP contribution in [-0.2, 0) is 0 Å². The highest BCUT2D eigenvalue weighted by atomic mass is 32.1. The molecule has 1 aliphatic heterocycles. The number of halogens is 1. The van der Waals surface area contributed by atoms with Gasteiger partial charge in [-0.1, -0.05) is 29.8 Å². The number of ether oxygens (including phenoxy) is 1. The van der Waals surface area contributed by atoms with Crippen molar-refractivity contribution in [1.29, 1.82) is 0 Å². The van der Waals surface area contributed by atoms with Gasteiger partial charge in [0.2, 0.25) is 0 Å². The maximum Gasteiger partial charge on any atom is 0.174 e. The number of hydrogen-bond donors (Lipinski definition) is 1. The fourth-order valence-electron chi connectivity index (χ4n) is 5.47. The number of benzene rings is 3. The zero-order chi connectivity index (χ0) is 27.8. The minimum absolute atomic E-state index is 0.181. The SMILES string of the molecule is Cc1ccc(Oc2ccc(N3C(=S)N[C@H](c4ccccn4)[C@@H]3c3cc(C)n(-c4cccc(F)c4)c3C)cc2)cc1. The molecule has 3 aromatic carbocycles. The molecule has 0 radical (unpaired) electrons. The van der Waals surface area contributed by atoms with Crippen LogP contribution in [0, 0.1) is 26.6 Å². The lowest BCUT2D eigenvalue weighted by Gasteiger charge is -2.28. The molecular weight excluding hydrogens is 519 g/mol. The number of nitrogens with zero attached hydrogens (tertiary/aromatic N) is 3. The van der Waals surface area contributed by atoms with Crippen LogP contribution in [0.15, 0.2) is 103 Å². The smallest absolute Gasteiger partial charge is 0.174 e. The van der Waals surface area contributed by atoms with E-state index in [0.717, 1.165) is 45.5 Å². The van der Waals surface area contributed by atoms with Gasteiger partial charge < -0.3 is 19.5 Å². The lowest BCUT2D eigenvalue weighted by atomic mass is 9.96. The fourth-order valence-corrected chi connectivity index (χ4v) is 5.81. The van der Waals surface area contributed by atoms with Crippen molar-refractivity contribution in [2.24, 2.45) is 0 Å². The Kier molecular flexibility index (Phi) is 6.82. The molecule has 2 aromatic heterocycles. The highest BCUT2D eigenvalue weighted by molar-refractivity contribution is 7.80. The number of anilines is 1. The third kappa shape index (κ3) is 4.84. The third-order valence-corrected chi connectivity index (χ3v) is 7.64. The Labute approximate surface area is 238 Å². The second-order valence-electron chi connectivity index (χ2n) is 10.0. The molecule has 200 valence electrons. The zero-order valence-electron chi connectivity index (χ0n) is 22.5. The average Bonchev–Trinajstić information content (AvgIpc) is 3.45. The summed E-state index contributed by atoms with van der Waals surface area (Å²) >= 11 is 5.92. The van der Waals surface area contributed by atoms with E-state index in [9.17, 15) is 4.39 Å². The minimum Gasteiger partial charge on any atom is -0.457 e. The van der Waals surface area contributed by atoms with Crippen molar-refractivity contribution in [3.05, 3.63) is 137 Å². The molecule has 1 saturated heterocycles. The topological polar surface area (TPSA) is 42.3 Å². The van der Waals surface area contributed by atoms with Gasteiger partial charge in [0, 0.05) is 29.0 Å². The average molecular weight is 549 g/mol. The first kappa shape index (κ1) is 25.8. The standard InChI is InChI=1S/C33H29FN4OS/c1-21-10-14-27(15-11-21)39-28-16-12-25(13-17-28)38-32(31(36-33(38)40)30-9-4-5-18-35-30)29-19-22(2)37(23(29)3)26-8-6-7-24(34)20-26/h4-20,31-32H,1-3H3,(H,36,40)/t31-,32+/m1/s1. The number of hydrogen-bond acceptors (Lipinski definition) is 3. The van der Waals surface area contributed by atoms with Gasteiger partial charge in [0.05, 0.1) is 17.8 Å². The predicted molar refractivity (Wildman–Crippen MR) is 161 cm³/mol. The maximum atomic E-state index is 14.2. The Morgan fingerprint density at radius 3 is 2.23 bits per heavy atom. The van der Waals surface area contributed by atoms with Crippen molar-refractivity contribution < 1.29 is 9.13 Å². The molecule has 0 saturated carbocycles. The van der Waals surface area contributed by atoms with E-state index in [4.69, 9.17) is 17.0 Å². The van der Waals surface area contributed by atoms with E-state index >= 15 is 0 Å². The van der Waals surface area contributed by atoms with Crippen LogP contribution >= 0.6 is 12.2 Å². The van der Waals surface area contributed by atoms with Gasteiger partial charge in [0.25, 0.3) is 0 Å². The molecule has 2 atom stereocenters. The number of nitrogens with one attached hydrogen (secondary N) is 1. The second kappa shape index (κ2) is 10.6. The second-order valence-corrected chi connectivity index (χ2v) is 10.4. The zero-order valence-corrected chi connectivity index (χ0v) is 23.3. The Morgan fingerprint density at radius 2 is 1.55 bits per heavy atom. The number of aryl methyl sites for hydroxylation is 2. The summed E-state index contributed by atoms with van der Waals surface area (Å²) < 4.78 is 22.3. The summed E-state index contributed by atoms with van der Waals surface area (Å²) in [7, 11) is 0. The summed E-state index contributed by atoms with van der Waals surface area (Å²) in [6, 6.07) is 30.3. The highest BCUT2D eigenvalue weighted by Gasteiger charge is 2.42. The van der Waals surface area contributed by atoms with E-state index in [0.29, 0.717) is 5.11 Å². The summed E-state index contributed by atoms with van der Waals surface area (Å²) in [4.78, 5) is 6.81. The largest absolute Gasteiger partial charge is 0.457 e. The number of rotatable bonds is 6. The first-order valence-electron chi connectivity index (χ1n) is 13.2. The molecule has 0 unspecified atom stereocenters. The molecule has 7 heteroatoms. The lowest BCUT2D eigenvalue weighted by molar-refractivity contribution is 0.482. The molecule has 0 amide bonds. The van der Waals surface area contributed by atoms with Crippen LogP contribution in [0.3, 0.4) is 0 Å². The molecule has 1 fully saturated rings. The molecule has 6 rings (SSSR count). The van der Waals surface area contributed by atoms with E-state index < -0.39 is 0 Å². The summed E-state index contributed by atoms with van der Waals surface area (Å²) in [5, 5.41) is 4.14. The third-order valence-electron chi connectivity index (χ3n) is 7.32. The minimum atomic E-state index is -0.267. The molecule has 1 aliphatic rings. The van der Waals surface area contributed by atoms with Crippen LogP contribution in [0.4, 0.5) is 10.1 Å². The van der Waals surface area contributed by atoms with Crippen molar-refractivity contribution in [2.45, 2.75) is 32.9 Å². The van der Waals surface area contributed by atoms with Crippen LogP contribution in [0.2, 0.25) is 0 Å². The summed E-state index contributed by atoms with van der Waals surface area (Å²) in [5.41, 5.74) is 6.92. The highest BCUT2D eigenvalue weighted by Crippen LogP contribution is 2.44. The first-order valence-corrected chi connectivity index (χ1v) is 13.6. The van der Waals surface area contributed by atoms with Crippen molar-refractivity contribution in [3.63, 3.8) is 0 Å². The van der Waals surface area contributed by atoms with Gasteiger partial charge in [-0.2, -0.15) is 0 Å². The van der Waals surface area contributed by atoms with E-state index in [2.05, 4.69) is 39.7 Å². The molecule has 0 spiro atoms. The predicted octanol–water partition coefficient (Wildman–Crippen LogP) is 7.91. The van der Waals surface area contributed by atoms with Crippen LogP contribution in [0.1, 0.15) is 40.3 Å². The molecule has 5 nitrogen and oxygen atoms in total. The van der Waals surface area contributed by atoms with Crippen molar-refractivity contribution in [1.82, 2.24) is 14.9 Å². The van der Waals surface area contributed by atoms with Crippen LogP contribution in [0.5, 0.6) is 11.5 Å². The number of thiocarbonyl (C=S) groups is 1. The molecule has 0 bridgehead atoms. The fraction of sp³-hybridized carbons (Fsp3) is 0.152. The van der Waals surface area contributed by atoms with Gasteiger partial charge in [-0.3, -0.25) is 4.98 Å².